The Morgan fingerprint density at radius 1 is 1.16 bits per heavy atom. The van der Waals surface area contributed by atoms with Crippen LogP contribution in [-0.4, -0.2) is 10.5 Å². The van der Waals surface area contributed by atoms with Crippen LogP contribution < -0.4 is 5.73 Å². The Morgan fingerprint density at radius 2 is 1.92 bits per heavy atom. The van der Waals surface area contributed by atoms with Crippen molar-refractivity contribution in [3.05, 3.63) is 69.7 Å². The number of nitrogens with zero attached hydrogens (tertiary/aromatic N) is 1. The van der Waals surface area contributed by atoms with Crippen molar-refractivity contribution in [1.29, 1.82) is 0 Å². The van der Waals surface area contributed by atoms with Gasteiger partial charge in [0.2, 0.25) is 0 Å². The molecule has 130 valence electrons. The molecule has 0 aliphatic carbocycles. The lowest BCUT2D eigenvalue weighted by molar-refractivity contribution is 0.1000. The number of aryl methyl sites for hydroxylation is 1. The van der Waals surface area contributed by atoms with Crippen molar-refractivity contribution in [2.75, 3.05) is 0 Å². The van der Waals surface area contributed by atoms with Gasteiger partial charge in [0.1, 0.15) is 0 Å². The fourth-order valence-electron chi connectivity index (χ4n) is 3.50. The second kappa shape index (κ2) is 7.70. The number of hydrogen-bond acceptors (Lipinski definition) is 2. The van der Waals surface area contributed by atoms with E-state index in [1.165, 1.54) is 11.3 Å². The second-order valence-electron chi connectivity index (χ2n) is 6.30. The Hall–Kier alpha value is -2.33. The second-order valence-corrected chi connectivity index (χ2v) is 7.08. The summed E-state index contributed by atoms with van der Waals surface area (Å²) in [6, 6.07) is 12.5. The third kappa shape index (κ3) is 3.54. The number of rotatable bonds is 7. The fraction of sp³-hybridized carbons (Fsp3) is 0.286. The molecule has 0 spiro atoms. The Kier molecular flexibility index (Phi) is 5.39. The molecule has 0 atom stereocenters. The molecule has 0 aliphatic rings. The van der Waals surface area contributed by atoms with E-state index in [0.29, 0.717) is 5.56 Å². The number of carbonyl (C=O) groups excluding carboxylic acids is 1. The van der Waals surface area contributed by atoms with Gasteiger partial charge in [-0.15, -0.1) is 0 Å². The van der Waals surface area contributed by atoms with Gasteiger partial charge in [-0.3, -0.25) is 4.79 Å². The number of benzene rings is 1. The Balaban J connectivity index is 2.07. The monoisotopic (exact) mass is 352 g/mol. The minimum atomic E-state index is -0.338. The third-order valence-electron chi connectivity index (χ3n) is 4.64. The topological polar surface area (TPSA) is 48.0 Å². The molecule has 1 aromatic carbocycles. The van der Waals surface area contributed by atoms with Crippen molar-refractivity contribution in [1.82, 2.24) is 4.57 Å². The van der Waals surface area contributed by atoms with E-state index in [1.807, 2.05) is 18.4 Å². The molecule has 0 unspecified atom stereocenters. The van der Waals surface area contributed by atoms with Crippen LogP contribution >= 0.6 is 11.3 Å². The van der Waals surface area contributed by atoms with E-state index in [4.69, 9.17) is 5.73 Å². The quantitative estimate of drug-likeness (QED) is 0.651. The first-order valence-corrected chi connectivity index (χ1v) is 9.66. The maximum absolute atomic E-state index is 12.2. The molecule has 2 aromatic heterocycles. The molecule has 0 saturated heterocycles. The van der Waals surface area contributed by atoms with Crippen molar-refractivity contribution in [3.8, 4) is 11.1 Å². The molecule has 3 rings (SSSR count). The number of thiophene rings is 1. The van der Waals surface area contributed by atoms with Crippen LogP contribution in [0.2, 0.25) is 0 Å². The molecule has 0 fully saturated rings. The van der Waals surface area contributed by atoms with Gasteiger partial charge in [0.05, 0.1) is 5.56 Å². The molecule has 3 aromatic rings. The number of primary amides is 1. The molecule has 0 saturated carbocycles. The fourth-order valence-corrected chi connectivity index (χ4v) is 4.15. The van der Waals surface area contributed by atoms with E-state index in [-0.39, 0.29) is 5.91 Å². The average molecular weight is 353 g/mol. The standard InChI is InChI=1S/C21H24N2OS/c1-3-7-18-20(17-11-13-25-14-17)19(21(22)24)15(2)23(18)12-10-16-8-5-4-6-9-16/h4-6,8-9,11,13-14H,3,7,10,12H2,1-2H3,(H2,22,24). The number of hydrogen-bond donors (Lipinski definition) is 1. The van der Waals surface area contributed by atoms with Crippen molar-refractivity contribution in [2.24, 2.45) is 5.73 Å². The highest BCUT2D eigenvalue weighted by Gasteiger charge is 2.24. The molecular weight excluding hydrogens is 328 g/mol. The normalized spacial score (nSPS) is 11.0. The summed E-state index contributed by atoms with van der Waals surface area (Å²) in [6.45, 7) is 5.04. The van der Waals surface area contributed by atoms with Crippen LogP contribution in [0.1, 0.15) is 40.7 Å². The van der Waals surface area contributed by atoms with Crippen molar-refractivity contribution in [2.45, 2.75) is 39.7 Å². The largest absolute Gasteiger partial charge is 0.366 e. The zero-order valence-electron chi connectivity index (χ0n) is 14.8. The van der Waals surface area contributed by atoms with Crippen LogP contribution in [0, 0.1) is 6.92 Å². The lowest BCUT2D eigenvalue weighted by Crippen LogP contribution is -2.13. The third-order valence-corrected chi connectivity index (χ3v) is 5.32. The van der Waals surface area contributed by atoms with E-state index < -0.39 is 0 Å². The molecule has 1 amide bonds. The number of aromatic nitrogens is 1. The number of carbonyl (C=O) groups is 1. The molecule has 0 bridgehead atoms. The van der Waals surface area contributed by atoms with Crippen molar-refractivity contribution < 1.29 is 4.79 Å². The molecule has 0 aliphatic heterocycles. The summed E-state index contributed by atoms with van der Waals surface area (Å²) < 4.78 is 2.30. The molecular formula is C21H24N2OS. The summed E-state index contributed by atoms with van der Waals surface area (Å²) in [4.78, 5) is 12.2. The maximum atomic E-state index is 12.2. The van der Waals surface area contributed by atoms with Gasteiger partial charge in [0, 0.05) is 23.5 Å². The van der Waals surface area contributed by atoms with Gasteiger partial charge < -0.3 is 10.3 Å². The van der Waals surface area contributed by atoms with Crippen LogP contribution in [0.5, 0.6) is 0 Å². The van der Waals surface area contributed by atoms with Crippen molar-refractivity contribution in [3.63, 3.8) is 0 Å². The molecule has 4 heteroatoms. The number of amides is 1. The van der Waals surface area contributed by atoms with Crippen LogP contribution in [0.15, 0.2) is 47.2 Å². The van der Waals surface area contributed by atoms with E-state index in [1.54, 1.807) is 11.3 Å². The van der Waals surface area contributed by atoms with Gasteiger partial charge in [-0.2, -0.15) is 11.3 Å². The average Bonchev–Trinajstić information content (AvgIpc) is 3.21. The zero-order valence-corrected chi connectivity index (χ0v) is 15.6. The lowest BCUT2D eigenvalue weighted by atomic mass is 10.0. The van der Waals surface area contributed by atoms with Crippen molar-refractivity contribution >= 4 is 17.2 Å². The molecule has 0 radical (unpaired) electrons. The highest BCUT2D eigenvalue weighted by Crippen LogP contribution is 2.35. The predicted molar refractivity (Wildman–Crippen MR) is 105 cm³/mol. The zero-order chi connectivity index (χ0) is 17.8. The summed E-state index contributed by atoms with van der Waals surface area (Å²) in [5.74, 6) is -0.338. The minimum Gasteiger partial charge on any atom is -0.366 e. The van der Waals surface area contributed by atoms with Gasteiger partial charge in [0.15, 0.2) is 0 Å². The summed E-state index contributed by atoms with van der Waals surface area (Å²) in [5.41, 5.74) is 12.1. The van der Waals surface area contributed by atoms with Gasteiger partial charge in [-0.05, 0) is 47.7 Å². The first-order valence-electron chi connectivity index (χ1n) is 8.71. The van der Waals surface area contributed by atoms with E-state index in [2.05, 4.69) is 47.2 Å². The summed E-state index contributed by atoms with van der Waals surface area (Å²) in [5, 5.41) is 4.15. The lowest BCUT2D eigenvalue weighted by Gasteiger charge is -2.12. The van der Waals surface area contributed by atoms with E-state index in [0.717, 1.165) is 42.6 Å². The molecule has 3 nitrogen and oxygen atoms in total. The molecule has 2 heterocycles. The first-order chi connectivity index (χ1) is 12.1. The van der Waals surface area contributed by atoms with Crippen LogP contribution in [-0.2, 0) is 19.4 Å². The van der Waals surface area contributed by atoms with Crippen LogP contribution in [0.3, 0.4) is 0 Å². The van der Waals surface area contributed by atoms with E-state index in [9.17, 15) is 4.79 Å². The Bertz CT molecular complexity index is 848. The van der Waals surface area contributed by atoms with Crippen LogP contribution in [0.4, 0.5) is 0 Å². The minimum absolute atomic E-state index is 0.338. The predicted octanol–water partition coefficient (Wildman–Crippen LogP) is 4.82. The Morgan fingerprint density at radius 3 is 2.52 bits per heavy atom. The maximum Gasteiger partial charge on any atom is 0.251 e. The Labute approximate surface area is 153 Å². The molecule has 2 N–H and O–H groups in total. The highest BCUT2D eigenvalue weighted by atomic mass is 32.1. The smallest absolute Gasteiger partial charge is 0.251 e. The summed E-state index contributed by atoms with van der Waals surface area (Å²) in [7, 11) is 0. The van der Waals surface area contributed by atoms with Gasteiger partial charge in [-0.25, -0.2) is 0 Å². The molecule has 25 heavy (non-hydrogen) atoms. The summed E-state index contributed by atoms with van der Waals surface area (Å²) >= 11 is 1.65. The SMILES string of the molecule is CCCc1c(-c2ccsc2)c(C(N)=O)c(C)n1CCc1ccccc1. The van der Waals surface area contributed by atoms with Gasteiger partial charge in [0.25, 0.3) is 5.91 Å². The summed E-state index contributed by atoms with van der Waals surface area (Å²) in [6.07, 6.45) is 2.91. The highest BCUT2D eigenvalue weighted by molar-refractivity contribution is 7.08. The number of nitrogens with two attached hydrogens (primary N) is 1. The van der Waals surface area contributed by atoms with Gasteiger partial charge >= 0.3 is 0 Å². The van der Waals surface area contributed by atoms with E-state index >= 15 is 0 Å². The van der Waals surface area contributed by atoms with Crippen LogP contribution in [0.25, 0.3) is 11.1 Å². The van der Waals surface area contributed by atoms with Gasteiger partial charge in [-0.1, -0.05) is 43.7 Å². The first kappa shape index (κ1) is 17.5.